The third kappa shape index (κ3) is 3.62. The van der Waals surface area contributed by atoms with Crippen LogP contribution < -0.4 is 11.5 Å². The predicted molar refractivity (Wildman–Crippen MR) is 129 cm³/mol. The Labute approximate surface area is 196 Å². The number of halogens is 1. The van der Waals surface area contributed by atoms with E-state index in [-0.39, 0.29) is 9.92 Å². The smallest absolute Gasteiger partial charge is 0.268 e. The number of fused-ring (bicyclic) bond motifs is 1. The second-order valence-corrected chi connectivity index (χ2v) is 10.1. The van der Waals surface area contributed by atoms with Crippen molar-refractivity contribution in [3.05, 3.63) is 102 Å². The first-order valence-corrected chi connectivity index (χ1v) is 12.0. The molecule has 1 unspecified atom stereocenters. The number of rotatable bonds is 4. The number of para-hydroxylation sites is 1. The molecule has 7 nitrogen and oxygen atoms in total. The lowest BCUT2D eigenvalue weighted by Gasteiger charge is -2.27. The van der Waals surface area contributed by atoms with Gasteiger partial charge in [-0.2, -0.15) is 0 Å². The Bertz CT molecular complexity index is 1540. The van der Waals surface area contributed by atoms with E-state index in [1.54, 1.807) is 66.9 Å². The van der Waals surface area contributed by atoms with E-state index in [1.165, 1.54) is 10.2 Å². The van der Waals surface area contributed by atoms with Gasteiger partial charge in [0.05, 0.1) is 21.1 Å². The van der Waals surface area contributed by atoms with Crippen molar-refractivity contribution >= 4 is 32.5 Å². The number of benzene rings is 2. The molecule has 166 valence electrons. The zero-order valence-corrected chi connectivity index (χ0v) is 19.0. The highest BCUT2D eigenvalue weighted by Gasteiger charge is 2.31. The molecule has 1 atom stereocenters. The first-order valence-electron chi connectivity index (χ1n) is 10.2. The Morgan fingerprint density at radius 3 is 2.55 bits per heavy atom. The molecule has 2 aromatic carbocycles. The van der Waals surface area contributed by atoms with E-state index in [0.717, 1.165) is 0 Å². The molecule has 0 aliphatic heterocycles. The van der Waals surface area contributed by atoms with Crippen molar-refractivity contribution in [1.82, 2.24) is 13.9 Å². The van der Waals surface area contributed by atoms with Crippen LogP contribution >= 0.6 is 11.6 Å². The van der Waals surface area contributed by atoms with Crippen LogP contribution in [0.25, 0.3) is 22.2 Å². The Hall–Kier alpha value is -3.46. The lowest BCUT2D eigenvalue weighted by atomic mass is 9.89. The van der Waals surface area contributed by atoms with Gasteiger partial charge in [-0.1, -0.05) is 60.2 Å². The molecule has 0 spiro atoms. The summed E-state index contributed by atoms with van der Waals surface area (Å²) in [6.07, 6.45) is 8.72. The molecule has 4 N–H and O–H groups in total. The minimum absolute atomic E-state index is 0.183. The summed E-state index contributed by atoms with van der Waals surface area (Å²) in [4.78, 5) is 9.21. The van der Waals surface area contributed by atoms with Gasteiger partial charge in [-0.3, -0.25) is 0 Å². The normalized spacial score (nSPS) is 18.4. The second kappa shape index (κ2) is 7.84. The highest BCUT2D eigenvalue weighted by Crippen LogP contribution is 2.37. The van der Waals surface area contributed by atoms with Crippen LogP contribution in [-0.2, 0) is 15.6 Å². The number of hydrogen-bond donors (Lipinski definition) is 2. The number of aromatic nitrogens is 3. The van der Waals surface area contributed by atoms with Crippen LogP contribution in [0.2, 0.25) is 5.02 Å². The van der Waals surface area contributed by atoms with Gasteiger partial charge in [-0.25, -0.2) is 22.4 Å². The zero-order chi connectivity index (χ0) is 23.2. The number of nitrogens with two attached hydrogens (primary N) is 2. The van der Waals surface area contributed by atoms with Crippen molar-refractivity contribution in [2.24, 2.45) is 11.5 Å². The molecule has 1 aliphatic rings. The van der Waals surface area contributed by atoms with E-state index in [4.69, 9.17) is 23.1 Å². The Morgan fingerprint density at radius 2 is 1.79 bits per heavy atom. The molecule has 9 heteroatoms. The maximum Gasteiger partial charge on any atom is 0.268 e. The summed E-state index contributed by atoms with van der Waals surface area (Å²) in [5.41, 5.74) is 13.6. The number of allylic oxidation sites excluding steroid dienone is 2. The van der Waals surface area contributed by atoms with Gasteiger partial charge in [0.15, 0.2) is 5.82 Å². The third-order valence-electron chi connectivity index (χ3n) is 5.59. The van der Waals surface area contributed by atoms with E-state index >= 15 is 0 Å². The summed E-state index contributed by atoms with van der Waals surface area (Å²) in [5, 5.41) is 0.971. The van der Waals surface area contributed by atoms with Crippen molar-refractivity contribution in [1.29, 1.82) is 0 Å². The summed E-state index contributed by atoms with van der Waals surface area (Å²) < 4.78 is 28.1. The van der Waals surface area contributed by atoms with Gasteiger partial charge in [0.1, 0.15) is 5.54 Å². The quantitative estimate of drug-likeness (QED) is 0.459. The summed E-state index contributed by atoms with van der Waals surface area (Å²) in [6.45, 7) is 0. The molecule has 33 heavy (non-hydrogen) atoms. The molecule has 0 saturated carbocycles. The first kappa shape index (κ1) is 21.4. The average molecular weight is 478 g/mol. The predicted octanol–water partition coefficient (Wildman–Crippen LogP) is 3.95. The van der Waals surface area contributed by atoms with Crippen molar-refractivity contribution in [3.63, 3.8) is 0 Å². The van der Waals surface area contributed by atoms with Crippen LogP contribution in [-0.4, -0.2) is 22.4 Å². The zero-order valence-electron chi connectivity index (χ0n) is 17.4. The Morgan fingerprint density at radius 1 is 1.06 bits per heavy atom. The molecule has 0 saturated heterocycles. The molecule has 5 rings (SSSR count). The lowest BCUT2D eigenvalue weighted by molar-refractivity contribution is 0.510. The van der Waals surface area contributed by atoms with Crippen LogP contribution in [0.5, 0.6) is 0 Å². The molecule has 4 aromatic rings. The minimum Gasteiger partial charge on any atom is -0.402 e. The molecule has 0 radical (unpaired) electrons. The molecular weight excluding hydrogens is 458 g/mol. The fourth-order valence-electron chi connectivity index (χ4n) is 3.98. The highest BCUT2D eigenvalue weighted by molar-refractivity contribution is 7.90. The van der Waals surface area contributed by atoms with Crippen LogP contribution in [0.15, 0.2) is 95.8 Å². The fraction of sp³-hybridized carbons (Fsp3) is 0.0833. The highest BCUT2D eigenvalue weighted by atomic mass is 35.5. The van der Waals surface area contributed by atoms with Gasteiger partial charge in [0.2, 0.25) is 0 Å². The maximum atomic E-state index is 13.4. The summed E-state index contributed by atoms with van der Waals surface area (Å²) >= 11 is 6.51. The van der Waals surface area contributed by atoms with E-state index in [9.17, 15) is 8.42 Å². The van der Waals surface area contributed by atoms with Gasteiger partial charge in [-0.15, -0.1) is 0 Å². The molecule has 0 fully saturated rings. The topological polar surface area (TPSA) is 117 Å². The van der Waals surface area contributed by atoms with Gasteiger partial charge >= 0.3 is 0 Å². The number of nitrogens with zero attached hydrogens (tertiary/aromatic N) is 3. The first-order chi connectivity index (χ1) is 15.8. The van der Waals surface area contributed by atoms with Gasteiger partial charge in [-0.05, 0) is 24.3 Å². The molecule has 2 heterocycles. The Balaban J connectivity index is 1.71. The average Bonchev–Trinajstić information content (AvgIpc) is 3.20. The monoisotopic (exact) mass is 477 g/mol. The second-order valence-electron chi connectivity index (χ2n) is 7.88. The molecule has 1 aliphatic carbocycles. The standard InChI is InChI=1S/C24H20ClN5O2S/c25-20-14-28-23(24(27)12-6-7-16(26)13-24)29-22(20)19-15-30(21-11-5-4-10-18(19)21)33(31,32)17-8-2-1-3-9-17/h1-12,14-15H,13,26-27H2. The van der Waals surface area contributed by atoms with Crippen LogP contribution in [0.4, 0.5) is 0 Å². The minimum atomic E-state index is -3.85. The maximum absolute atomic E-state index is 13.4. The van der Waals surface area contributed by atoms with Crippen LogP contribution in [0, 0.1) is 0 Å². The molecular formula is C24H20ClN5O2S. The molecule has 0 amide bonds. The number of hydrogen-bond acceptors (Lipinski definition) is 6. The van der Waals surface area contributed by atoms with Gasteiger partial charge in [0, 0.05) is 35.5 Å². The van der Waals surface area contributed by atoms with Crippen LogP contribution in [0.1, 0.15) is 12.2 Å². The van der Waals surface area contributed by atoms with E-state index < -0.39 is 15.6 Å². The van der Waals surface area contributed by atoms with Crippen LogP contribution in [0.3, 0.4) is 0 Å². The molecule has 0 bridgehead atoms. The third-order valence-corrected chi connectivity index (χ3v) is 7.56. The van der Waals surface area contributed by atoms with E-state index in [1.807, 2.05) is 12.1 Å². The van der Waals surface area contributed by atoms with E-state index in [0.29, 0.717) is 40.1 Å². The Kier molecular flexibility index (Phi) is 5.08. The van der Waals surface area contributed by atoms with Crippen molar-refractivity contribution in [3.8, 4) is 11.3 Å². The SMILES string of the molecule is NC1=CC=CC(N)(c2ncc(Cl)c(-c3cn(S(=O)(=O)c4ccccc4)c4ccccc34)n2)C1. The van der Waals surface area contributed by atoms with Crippen molar-refractivity contribution in [2.75, 3.05) is 0 Å². The summed E-state index contributed by atoms with van der Waals surface area (Å²) in [7, 11) is -3.85. The lowest BCUT2D eigenvalue weighted by Crippen LogP contribution is -2.39. The van der Waals surface area contributed by atoms with E-state index in [2.05, 4.69) is 9.97 Å². The molecule has 2 aromatic heterocycles. The largest absolute Gasteiger partial charge is 0.402 e. The van der Waals surface area contributed by atoms with Crippen molar-refractivity contribution < 1.29 is 8.42 Å². The summed E-state index contributed by atoms with van der Waals surface area (Å²) in [6, 6.07) is 15.5. The van der Waals surface area contributed by atoms with Crippen molar-refractivity contribution in [2.45, 2.75) is 16.9 Å². The van der Waals surface area contributed by atoms with Gasteiger partial charge < -0.3 is 11.5 Å². The van der Waals surface area contributed by atoms with Gasteiger partial charge in [0.25, 0.3) is 10.0 Å². The summed E-state index contributed by atoms with van der Waals surface area (Å²) in [5.74, 6) is 0.344. The fourth-order valence-corrected chi connectivity index (χ4v) is 5.56.